The maximum absolute atomic E-state index is 13.6. The highest BCUT2D eigenvalue weighted by Gasteiger charge is 2.21. The van der Waals surface area contributed by atoms with Crippen molar-refractivity contribution in [3.05, 3.63) is 42.5 Å². The minimum absolute atomic E-state index is 0.107. The van der Waals surface area contributed by atoms with Crippen LogP contribution < -0.4 is 10.5 Å². The van der Waals surface area contributed by atoms with Gasteiger partial charge in [-0.1, -0.05) is 6.07 Å². The summed E-state index contributed by atoms with van der Waals surface area (Å²) in [5.74, 6) is -0.857. The minimum atomic E-state index is -3.94. The molecule has 0 unspecified atom stereocenters. The van der Waals surface area contributed by atoms with Crippen LogP contribution >= 0.6 is 0 Å². The van der Waals surface area contributed by atoms with E-state index in [1.165, 1.54) is 12.1 Å². The van der Waals surface area contributed by atoms with Crippen molar-refractivity contribution in [1.82, 2.24) is 14.5 Å². The van der Waals surface area contributed by atoms with Crippen molar-refractivity contribution in [3.8, 4) is 0 Å². The molecule has 0 atom stereocenters. The van der Waals surface area contributed by atoms with Gasteiger partial charge in [-0.05, 0) is 24.6 Å². The highest BCUT2D eigenvalue weighted by atomic mass is 32.2. The zero-order valence-electron chi connectivity index (χ0n) is 10.7. The van der Waals surface area contributed by atoms with Crippen molar-refractivity contribution < 1.29 is 12.8 Å². The topological polar surface area (TPSA) is 90.0 Å². The quantitative estimate of drug-likeness (QED) is 0.614. The predicted molar refractivity (Wildman–Crippen MR) is 72.8 cm³/mol. The lowest BCUT2D eigenvalue weighted by atomic mass is 10.3. The maximum Gasteiger partial charge on any atom is 0.245 e. The lowest BCUT2D eigenvalue weighted by Crippen LogP contribution is -2.27. The summed E-state index contributed by atoms with van der Waals surface area (Å²) in [6, 6.07) is 5.56. The van der Waals surface area contributed by atoms with Crippen molar-refractivity contribution in [1.29, 1.82) is 0 Å². The summed E-state index contributed by atoms with van der Waals surface area (Å²) in [6.45, 7) is 0.748. The standard InChI is InChI=1S/C12H15FN4O2S/c13-10-4-1-5-11(14)12(10)20(18,19)16-7-3-9-17-8-2-6-15-17/h1-2,4-6,8,16H,3,7,9,14H2. The third kappa shape index (κ3) is 3.34. The number of nitrogen functional groups attached to an aromatic ring is 1. The van der Waals surface area contributed by atoms with Gasteiger partial charge in [0.25, 0.3) is 0 Å². The molecule has 6 nitrogen and oxygen atoms in total. The molecule has 1 aromatic heterocycles. The summed E-state index contributed by atoms with van der Waals surface area (Å²) in [4.78, 5) is -0.501. The van der Waals surface area contributed by atoms with Gasteiger partial charge in [-0.2, -0.15) is 5.10 Å². The van der Waals surface area contributed by atoms with Crippen LogP contribution in [0.2, 0.25) is 0 Å². The Balaban J connectivity index is 1.97. The molecular formula is C12H15FN4O2S. The fraction of sp³-hybridized carbons (Fsp3) is 0.250. The van der Waals surface area contributed by atoms with Crippen molar-refractivity contribution in [2.45, 2.75) is 17.9 Å². The van der Waals surface area contributed by atoms with Crippen molar-refractivity contribution in [2.75, 3.05) is 12.3 Å². The summed E-state index contributed by atoms with van der Waals surface area (Å²) >= 11 is 0. The molecule has 3 N–H and O–H groups in total. The van der Waals surface area contributed by atoms with E-state index in [1.807, 2.05) is 0 Å². The SMILES string of the molecule is Nc1cccc(F)c1S(=O)(=O)NCCCn1cccn1. The van der Waals surface area contributed by atoms with Crippen LogP contribution in [0.3, 0.4) is 0 Å². The third-order valence-electron chi connectivity index (χ3n) is 2.68. The van der Waals surface area contributed by atoms with Crippen LogP contribution in [0.1, 0.15) is 6.42 Å². The van der Waals surface area contributed by atoms with E-state index in [0.29, 0.717) is 13.0 Å². The molecule has 0 bridgehead atoms. The second kappa shape index (κ2) is 6.02. The zero-order chi connectivity index (χ0) is 14.6. The molecular weight excluding hydrogens is 283 g/mol. The molecule has 0 aliphatic rings. The maximum atomic E-state index is 13.6. The van der Waals surface area contributed by atoms with E-state index in [2.05, 4.69) is 9.82 Å². The largest absolute Gasteiger partial charge is 0.398 e. The second-order valence-electron chi connectivity index (χ2n) is 4.18. The molecule has 1 heterocycles. The molecule has 2 aromatic rings. The first-order valence-corrected chi connectivity index (χ1v) is 7.50. The van der Waals surface area contributed by atoms with E-state index < -0.39 is 20.7 Å². The average molecular weight is 298 g/mol. The molecule has 0 spiro atoms. The van der Waals surface area contributed by atoms with Crippen molar-refractivity contribution >= 4 is 15.7 Å². The number of rotatable bonds is 6. The summed E-state index contributed by atoms with van der Waals surface area (Å²) < 4.78 is 41.5. The zero-order valence-corrected chi connectivity index (χ0v) is 11.5. The highest BCUT2D eigenvalue weighted by molar-refractivity contribution is 7.89. The number of benzene rings is 1. The molecule has 0 amide bonds. The molecule has 2 rings (SSSR count). The smallest absolute Gasteiger partial charge is 0.245 e. The molecule has 20 heavy (non-hydrogen) atoms. The Morgan fingerprint density at radius 3 is 2.80 bits per heavy atom. The summed E-state index contributed by atoms with van der Waals surface area (Å²) in [7, 11) is -3.94. The van der Waals surface area contributed by atoms with Crippen LogP contribution in [0, 0.1) is 5.82 Å². The van der Waals surface area contributed by atoms with E-state index in [1.54, 1.807) is 23.1 Å². The van der Waals surface area contributed by atoms with Crippen LogP contribution in [0.5, 0.6) is 0 Å². The van der Waals surface area contributed by atoms with Crippen LogP contribution in [0.25, 0.3) is 0 Å². The van der Waals surface area contributed by atoms with E-state index in [-0.39, 0.29) is 12.2 Å². The second-order valence-corrected chi connectivity index (χ2v) is 5.88. The van der Waals surface area contributed by atoms with Crippen LogP contribution in [0.4, 0.5) is 10.1 Å². The molecule has 0 aliphatic carbocycles. The molecule has 0 saturated carbocycles. The molecule has 0 aliphatic heterocycles. The van der Waals surface area contributed by atoms with Crippen LogP contribution in [0.15, 0.2) is 41.6 Å². The van der Waals surface area contributed by atoms with Gasteiger partial charge in [0, 0.05) is 25.5 Å². The third-order valence-corrected chi connectivity index (χ3v) is 4.23. The fourth-order valence-electron chi connectivity index (χ4n) is 1.76. The monoisotopic (exact) mass is 298 g/mol. The van der Waals surface area contributed by atoms with E-state index in [4.69, 9.17) is 5.73 Å². The molecule has 108 valence electrons. The van der Waals surface area contributed by atoms with Crippen LogP contribution in [-0.4, -0.2) is 24.7 Å². The summed E-state index contributed by atoms with van der Waals surface area (Å²) in [6.07, 6.45) is 3.96. The molecule has 0 fully saturated rings. The number of nitrogens with zero attached hydrogens (tertiary/aromatic N) is 2. The Bertz CT molecular complexity index is 651. The van der Waals surface area contributed by atoms with Gasteiger partial charge in [0.2, 0.25) is 10.0 Å². The average Bonchev–Trinajstić information content (AvgIpc) is 2.87. The molecule has 0 saturated heterocycles. The molecule has 8 heteroatoms. The molecule has 0 radical (unpaired) electrons. The van der Waals surface area contributed by atoms with Gasteiger partial charge in [0.05, 0.1) is 5.69 Å². The van der Waals surface area contributed by atoms with Crippen molar-refractivity contribution in [2.24, 2.45) is 0 Å². The van der Waals surface area contributed by atoms with E-state index in [9.17, 15) is 12.8 Å². The number of nitrogens with two attached hydrogens (primary N) is 1. The van der Waals surface area contributed by atoms with Gasteiger partial charge < -0.3 is 5.73 Å². The summed E-state index contributed by atoms with van der Waals surface area (Å²) in [5.41, 5.74) is 5.41. The lowest BCUT2D eigenvalue weighted by molar-refractivity contribution is 0.542. The Morgan fingerprint density at radius 2 is 2.15 bits per heavy atom. The van der Waals surface area contributed by atoms with Crippen molar-refractivity contribution in [3.63, 3.8) is 0 Å². The fourth-order valence-corrected chi connectivity index (χ4v) is 3.02. The Hall–Kier alpha value is -1.93. The highest BCUT2D eigenvalue weighted by Crippen LogP contribution is 2.21. The Morgan fingerprint density at radius 1 is 1.35 bits per heavy atom. The lowest BCUT2D eigenvalue weighted by Gasteiger charge is -2.09. The number of hydrogen-bond donors (Lipinski definition) is 2. The van der Waals surface area contributed by atoms with E-state index in [0.717, 1.165) is 6.07 Å². The Kier molecular flexibility index (Phi) is 4.35. The van der Waals surface area contributed by atoms with Gasteiger partial charge >= 0.3 is 0 Å². The van der Waals surface area contributed by atoms with E-state index >= 15 is 0 Å². The van der Waals surface area contributed by atoms with Gasteiger partial charge in [-0.25, -0.2) is 17.5 Å². The normalized spacial score (nSPS) is 11.7. The number of sulfonamides is 1. The Labute approximate surface area is 116 Å². The molecule has 1 aromatic carbocycles. The number of aryl methyl sites for hydroxylation is 1. The van der Waals surface area contributed by atoms with Gasteiger partial charge in [-0.3, -0.25) is 4.68 Å². The number of halogens is 1. The summed E-state index contributed by atoms with van der Waals surface area (Å²) in [5, 5.41) is 4.00. The first kappa shape index (κ1) is 14.5. The first-order chi connectivity index (χ1) is 9.50. The number of hydrogen-bond acceptors (Lipinski definition) is 4. The number of anilines is 1. The van der Waals surface area contributed by atoms with Gasteiger partial charge in [-0.15, -0.1) is 0 Å². The van der Waals surface area contributed by atoms with Crippen LogP contribution in [-0.2, 0) is 16.6 Å². The minimum Gasteiger partial charge on any atom is -0.398 e. The van der Waals surface area contributed by atoms with Gasteiger partial charge in [0.1, 0.15) is 10.7 Å². The number of nitrogens with one attached hydrogen (secondary N) is 1. The van der Waals surface area contributed by atoms with Gasteiger partial charge in [0.15, 0.2) is 0 Å². The first-order valence-electron chi connectivity index (χ1n) is 6.02. The number of aromatic nitrogens is 2. The predicted octanol–water partition coefficient (Wildman–Crippen LogP) is 0.973.